The lowest BCUT2D eigenvalue weighted by molar-refractivity contribution is -0.129. The number of carbonyl (C=O) groups excluding carboxylic acids is 1. The number of hydrogen-bond acceptors (Lipinski definition) is 4. The summed E-state index contributed by atoms with van der Waals surface area (Å²) in [5.41, 5.74) is 5.50. The number of aryl methyl sites for hydroxylation is 1. The highest BCUT2D eigenvalue weighted by atomic mass is 19.3. The zero-order chi connectivity index (χ0) is 19.1. The van der Waals surface area contributed by atoms with E-state index in [-0.39, 0.29) is 11.7 Å². The summed E-state index contributed by atoms with van der Waals surface area (Å²) >= 11 is 0. The van der Waals surface area contributed by atoms with Gasteiger partial charge in [-0.25, -0.2) is 9.38 Å². The van der Waals surface area contributed by atoms with Crippen LogP contribution < -0.4 is 10.5 Å². The summed E-state index contributed by atoms with van der Waals surface area (Å²) in [7, 11) is 1.48. The first-order valence-corrected chi connectivity index (χ1v) is 7.71. The SMILES string of the molecule is Cc1cc(C2(c3ccc(OC(F)F)cc3)N=C(N)N(C)C2=O)ccc1F. The highest BCUT2D eigenvalue weighted by molar-refractivity contribution is 6.08. The van der Waals surface area contributed by atoms with Crippen LogP contribution in [0.25, 0.3) is 0 Å². The van der Waals surface area contributed by atoms with Gasteiger partial charge >= 0.3 is 6.61 Å². The molecule has 0 radical (unpaired) electrons. The number of nitrogens with zero attached hydrogens (tertiary/aromatic N) is 2. The van der Waals surface area contributed by atoms with Crippen molar-refractivity contribution in [3.05, 3.63) is 65.0 Å². The third-order valence-electron chi connectivity index (χ3n) is 4.31. The van der Waals surface area contributed by atoms with Gasteiger partial charge in [-0.1, -0.05) is 18.2 Å². The summed E-state index contributed by atoms with van der Waals surface area (Å²) < 4.78 is 42.7. The number of amides is 1. The Balaban J connectivity index is 2.16. The second kappa shape index (κ2) is 6.36. The lowest BCUT2D eigenvalue weighted by Gasteiger charge is -2.26. The van der Waals surface area contributed by atoms with Gasteiger partial charge in [-0.05, 0) is 47.9 Å². The van der Waals surface area contributed by atoms with Gasteiger partial charge in [0.05, 0.1) is 0 Å². The number of carbonyl (C=O) groups is 1. The van der Waals surface area contributed by atoms with Crippen LogP contribution in [0.3, 0.4) is 0 Å². The van der Waals surface area contributed by atoms with E-state index in [1.54, 1.807) is 6.92 Å². The van der Waals surface area contributed by atoms with E-state index >= 15 is 0 Å². The van der Waals surface area contributed by atoms with Crippen LogP contribution in [0.4, 0.5) is 13.2 Å². The molecule has 2 N–H and O–H groups in total. The molecule has 5 nitrogen and oxygen atoms in total. The monoisotopic (exact) mass is 363 g/mol. The maximum atomic E-state index is 13.7. The molecular formula is C18H16F3N3O2. The number of benzene rings is 2. The molecule has 2 aromatic rings. The molecule has 2 aromatic carbocycles. The number of halogens is 3. The normalized spacial score (nSPS) is 19.8. The number of nitrogens with two attached hydrogens (primary N) is 1. The molecule has 136 valence electrons. The first kappa shape index (κ1) is 17.8. The molecular weight excluding hydrogens is 347 g/mol. The van der Waals surface area contributed by atoms with Crippen molar-refractivity contribution in [3.8, 4) is 5.75 Å². The second-order valence-electron chi connectivity index (χ2n) is 5.91. The molecule has 1 amide bonds. The molecule has 0 aliphatic carbocycles. The Kier molecular flexibility index (Phi) is 4.35. The van der Waals surface area contributed by atoms with E-state index in [1.165, 1.54) is 54.4 Å². The van der Waals surface area contributed by atoms with Crippen molar-refractivity contribution in [3.63, 3.8) is 0 Å². The average molecular weight is 363 g/mol. The van der Waals surface area contributed by atoms with Crippen molar-refractivity contribution in [2.45, 2.75) is 19.1 Å². The van der Waals surface area contributed by atoms with Gasteiger partial charge in [0, 0.05) is 7.05 Å². The molecule has 0 fully saturated rings. The molecule has 0 spiro atoms. The van der Waals surface area contributed by atoms with Crippen LogP contribution >= 0.6 is 0 Å². The van der Waals surface area contributed by atoms with E-state index in [2.05, 4.69) is 9.73 Å². The summed E-state index contributed by atoms with van der Waals surface area (Å²) in [6.45, 7) is -1.38. The molecule has 3 rings (SSSR count). The zero-order valence-corrected chi connectivity index (χ0v) is 14.0. The standard InChI is InChI=1S/C18H16F3N3O2/c1-10-9-12(5-8-14(10)19)18(15(25)24(2)17(22)23-18)11-3-6-13(7-4-11)26-16(20)21/h3-9,16H,1-2H3,(H2,22,23). The second-order valence-corrected chi connectivity index (χ2v) is 5.91. The largest absolute Gasteiger partial charge is 0.435 e. The van der Waals surface area contributed by atoms with Gasteiger partial charge in [-0.3, -0.25) is 9.69 Å². The van der Waals surface area contributed by atoms with Crippen molar-refractivity contribution in [2.75, 3.05) is 7.05 Å². The first-order chi connectivity index (χ1) is 12.3. The molecule has 0 bridgehead atoms. The maximum Gasteiger partial charge on any atom is 0.387 e. The molecule has 1 heterocycles. The fourth-order valence-electron chi connectivity index (χ4n) is 2.93. The first-order valence-electron chi connectivity index (χ1n) is 7.71. The Labute approximate surface area is 147 Å². The van der Waals surface area contributed by atoms with Crippen LogP contribution in [0.2, 0.25) is 0 Å². The fourth-order valence-corrected chi connectivity index (χ4v) is 2.93. The number of guanidine groups is 1. The smallest absolute Gasteiger partial charge is 0.387 e. The molecule has 0 saturated heterocycles. The number of aliphatic imine (C=N–C) groups is 1. The third kappa shape index (κ3) is 2.77. The number of rotatable bonds is 4. The van der Waals surface area contributed by atoms with Gasteiger partial charge in [-0.2, -0.15) is 8.78 Å². The molecule has 8 heteroatoms. The van der Waals surface area contributed by atoms with Crippen LogP contribution in [-0.2, 0) is 10.3 Å². The molecule has 0 saturated carbocycles. The zero-order valence-electron chi connectivity index (χ0n) is 14.0. The Morgan fingerprint density at radius 1 is 1.15 bits per heavy atom. The van der Waals surface area contributed by atoms with Crippen molar-refractivity contribution in [2.24, 2.45) is 10.7 Å². The number of ether oxygens (including phenoxy) is 1. The van der Waals surface area contributed by atoms with Gasteiger partial charge in [0.15, 0.2) is 11.5 Å². The quantitative estimate of drug-likeness (QED) is 0.908. The fraction of sp³-hybridized carbons (Fsp3) is 0.222. The summed E-state index contributed by atoms with van der Waals surface area (Å²) in [6, 6.07) is 9.78. The molecule has 1 aliphatic heterocycles. The van der Waals surface area contributed by atoms with E-state index < -0.39 is 23.9 Å². The van der Waals surface area contributed by atoms with Gasteiger partial charge in [0.2, 0.25) is 0 Å². The minimum atomic E-state index is -2.96. The Hall–Kier alpha value is -3.03. The van der Waals surface area contributed by atoms with E-state index in [4.69, 9.17) is 5.73 Å². The van der Waals surface area contributed by atoms with Gasteiger partial charge in [0.25, 0.3) is 5.91 Å². The third-order valence-corrected chi connectivity index (χ3v) is 4.31. The van der Waals surface area contributed by atoms with E-state index in [0.29, 0.717) is 16.7 Å². The minimum absolute atomic E-state index is 0.00452. The maximum absolute atomic E-state index is 13.7. The molecule has 0 aromatic heterocycles. The predicted molar refractivity (Wildman–Crippen MR) is 89.4 cm³/mol. The summed E-state index contributed by atoms with van der Waals surface area (Å²) in [5, 5.41) is 0. The highest BCUT2D eigenvalue weighted by Crippen LogP contribution is 2.40. The lowest BCUT2D eigenvalue weighted by atomic mass is 9.82. The highest BCUT2D eigenvalue weighted by Gasteiger charge is 2.49. The van der Waals surface area contributed by atoms with E-state index in [1.807, 2.05) is 0 Å². The van der Waals surface area contributed by atoms with Crippen molar-refractivity contribution in [1.82, 2.24) is 4.90 Å². The Bertz CT molecular complexity index is 884. The summed E-state index contributed by atoms with van der Waals surface area (Å²) in [6.07, 6.45) is 0. The van der Waals surface area contributed by atoms with Crippen molar-refractivity contribution in [1.29, 1.82) is 0 Å². The summed E-state index contributed by atoms with van der Waals surface area (Å²) in [4.78, 5) is 18.5. The van der Waals surface area contributed by atoms with Crippen LogP contribution in [0.15, 0.2) is 47.5 Å². The number of hydrogen-bond donors (Lipinski definition) is 1. The minimum Gasteiger partial charge on any atom is -0.435 e. The predicted octanol–water partition coefficient (Wildman–Crippen LogP) is 2.77. The van der Waals surface area contributed by atoms with Crippen LogP contribution in [-0.4, -0.2) is 30.4 Å². The van der Waals surface area contributed by atoms with Crippen LogP contribution in [0.1, 0.15) is 16.7 Å². The summed E-state index contributed by atoms with van der Waals surface area (Å²) in [5.74, 6) is -0.890. The average Bonchev–Trinajstić information content (AvgIpc) is 2.82. The molecule has 26 heavy (non-hydrogen) atoms. The van der Waals surface area contributed by atoms with Gasteiger partial charge in [0.1, 0.15) is 11.6 Å². The van der Waals surface area contributed by atoms with E-state index in [0.717, 1.165) is 0 Å². The van der Waals surface area contributed by atoms with Crippen molar-refractivity contribution < 1.29 is 22.7 Å². The van der Waals surface area contributed by atoms with Gasteiger partial charge in [-0.15, -0.1) is 0 Å². The number of alkyl halides is 2. The van der Waals surface area contributed by atoms with Crippen LogP contribution in [0, 0.1) is 12.7 Å². The molecule has 1 unspecified atom stereocenters. The molecule has 1 atom stereocenters. The van der Waals surface area contributed by atoms with E-state index in [9.17, 15) is 18.0 Å². The van der Waals surface area contributed by atoms with Gasteiger partial charge < -0.3 is 10.5 Å². The Morgan fingerprint density at radius 2 is 1.77 bits per heavy atom. The van der Waals surface area contributed by atoms with Crippen molar-refractivity contribution >= 4 is 11.9 Å². The Morgan fingerprint density at radius 3 is 2.27 bits per heavy atom. The lowest BCUT2D eigenvalue weighted by Crippen LogP contribution is -2.41. The molecule has 1 aliphatic rings. The topological polar surface area (TPSA) is 67.9 Å². The van der Waals surface area contributed by atoms with Crippen LogP contribution in [0.5, 0.6) is 5.75 Å². The number of likely N-dealkylation sites (N-methyl/N-ethyl adjacent to an activating group) is 1.